The van der Waals surface area contributed by atoms with Crippen LogP contribution in [0.4, 0.5) is 0 Å². The van der Waals surface area contributed by atoms with Crippen LogP contribution in [0.2, 0.25) is 0 Å². The van der Waals surface area contributed by atoms with Crippen molar-refractivity contribution >= 4 is 11.9 Å². The SMILES string of the molecule is CC/C=C/C=C/C=C/CCCCCCCC(CC(=O)NC(CO)C(O)CCCCCCCCCCCCCCCCCC)OC(=O)CCCCCCCCC/C=C/C/C=C/CC. The van der Waals surface area contributed by atoms with Crippen LogP contribution < -0.4 is 5.32 Å². The summed E-state index contributed by atoms with van der Waals surface area (Å²) in [6.07, 6.45) is 61.4. The second-order valence-electron chi connectivity index (χ2n) is 17.9. The van der Waals surface area contributed by atoms with Gasteiger partial charge in [0.25, 0.3) is 0 Å². The monoisotopic (exact) mass is 868 g/mol. The maximum atomic E-state index is 13.2. The zero-order valence-electron chi connectivity index (χ0n) is 41.0. The number of allylic oxidation sites excluding steroid dienone is 10. The van der Waals surface area contributed by atoms with Gasteiger partial charge in [-0.05, 0) is 70.6 Å². The Morgan fingerprint density at radius 1 is 0.500 bits per heavy atom. The Morgan fingerprint density at radius 3 is 1.48 bits per heavy atom. The summed E-state index contributed by atoms with van der Waals surface area (Å²) in [6.45, 7) is 6.25. The Balaban J connectivity index is 4.55. The lowest BCUT2D eigenvalue weighted by molar-refractivity contribution is -0.151. The molecule has 6 nitrogen and oxygen atoms in total. The number of unbranched alkanes of at least 4 members (excludes halogenated alkanes) is 27. The minimum Gasteiger partial charge on any atom is -0.462 e. The molecule has 62 heavy (non-hydrogen) atoms. The van der Waals surface area contributed by atoms with E-state index in [1.54, 1.807) is 0 Å². The predicted molar refractivity (Wildman–Crippen MR) is 268 cm³/mol. The first-order valence-electron chi connectivity index (χ1n) is 26.5. The van der Waals surface area contributed by atoms with Gasteiger partial charge in [-0.3, -0.25) is 9.59 Å². The molecule has 0 aromatic carbocycles. The average Bonchev–Trinajstić information content (AvgIpc) is 3.26. The molecular weight excluding hydrogens is 767 g/mol. The second-order valence-corrected chi connectivity index (χ2v) is 17.9. The number of ether oxygens (including phenoxy) is 1. The van der Waals surface area contributed by atoms with Crippen molar-refractivity contribution in [1.29, 1.82) is 0 Å². The highest BCUT2D eigenvalue weighted by molar-refractivity contribution is 5.77. The molecule has 0 saturated heterocycles. The molecule has 3 N–H and O–H groups in total. The standard InChI is InChI=1S/C56H101NO5/c1-4-7-10-13-16-19-22-25-27-28-30-33-36-39-42-45-48-54(59)53(51-58)57-55(60)50-52(47-44-41-38-35-32-29-24-21-18-15-12-9-6-3)62-56(61)49-46-43-40-37-34-31-26-23-20-17-14-11-8-5-2/h8-9,11-12,15,17-18,20-21,24,52-54,58-59H,4-7,10,13-14,16,19,22-23,25-51H2,1-3H3,(H,57,60)/b11-8+,12-9+,18-15+,20-17+,24-21+. The van der Waals surface area contributed by atoms with Gasteiger partial charge in [-0.15, -0.1) is 0 Å². The van der Waals surface area contributed by atoms with E-state index in [2.05, 4.69) is 86.8 Å². The van der Waals surface area contributed by atoms with E-state index < -0.39 is 18.2 Å². The van der Waals surface area contributed by atoms with Gasteiger partial charge in [-0.25, -0.2) is 0 Å². The fraction of sp³-hybridized carbons (Fsp3) is 0.786. The van der Waals surface area contributed by atoms with Gasteiger partial charge in [0.15, 0.2) is 0 Å². The number of aliphatic hydroxyl groups excluding tert-OH is 2. The molecule has 0 radical (unpaired) electrons. The van der Waals surface area contributed by atoms with Crippen molar-refractivity contribution in [3.63, 3.8) is 0 Å². The Kier molecular flexibility index (Phi) is 47.6. The van der Waals surface area contributed by atoms with E-state index >= 15 is 0 Å². The predicted octanol–water partition coefficient (Wildman–Crippen LogP) is 16.0. The Hall–Kier alpha value is -2.44. The van der Waals surface area contributed by atoms with Crippen molar-refractivity contribution in [2.45, 2.75) is 277 Å². The topological polar surface area (TPSA) is 95.9 Å². The number of hydrogen-bond donors (Lipinski definition) is 3. The lowest BCUT2D eigenvalue weighted by Gasteiger charge is -2.24. The summed E-state index contributed by atoms with van der Waals surface area (Å²) in [5.41, 5.74) is 0. The molecule has 0 aromatic heterocycles. The number of carbonyl (C=O) groups is 2. The zero-order valence-corrected chi connectivity index (χ0v) is 41.0. The molecule has 3 unspecified atom stereocenters. The molecule has 0 aliphatic rings. The highest BCUT2D eigenvalue weighted by atomic mass is 16.5. The van der Waals surface area contributed by atoms with Crippen molar-refractivity contribution in [3.05, 3.63) is 60.8 Å². The van der Waals surface area contributed by atoms with Crippen LogP contribution in [0.3, 0.4) is 0 Å². The number of hydrogen-bond acceptors (Lipinski definition) is 5. The molecule has 0 fully saturated rings. The van der Waals surface area contributed by atoms with Gasteiger partial charge in [0.2, 0.25) is 5.91 Å². The lowest BCUT2D eigenvalue weighted by atomic mass is 10.0. The van der Waals surface area contributed by atoms with E-state index in [-0.39, 0.29) is 24.9 Å². The normalized spacial score (nSPS) is 13.7. The van der Waals surface area contributed by atoms with Gasteiger partial charge in [0.05, 0.1) is 25.2 Å². The number of carbonyl (C=O) groups excluding carboxylic acids is 2. The van der Waals surface area contributed by atoms with Crippen molar-refractivity contribution in [2.75, 3.05) is 6.61 Å². The summed E-state index contributed by atoms with van der Waals surface area (Å²) in [6, 6.07) is -0.711. The van der Waals surface area contributed by atoms with E-state index in [1.807, 2.05) is 0 Å². The van der Waals surface area contributed by atoms with E-state index in [4.69, 9.17) is 4.74 Å². The van der Waals surface area contributed by atoms with Crippen molar-refractivity contribution in [1.82, 2.24) is 5.32 Å². The van der Waals surface area contributed by atoms with Gasteiger partial charge >= 0.3 is 5.97 Å². The molecule has 360 valence electrons. The summed E-state index contributed by atoms with van der Waals surface area (Å²) in [5, 5.41) is 23.8. The third kappa shape index (κ3) is 44.2. The summed E-state index contributed by atoms with van der Waals surface area (Å²) in [7, 11) is 0. The van der Waals surface area contributed by atoms with E-state index in [1.165, 1.54) is 109 Å². The molecule has 3 atom stereocenters. The average molecular weight is 868 g/mol. The van der Waals surface area contributed by atoms with Crippen LogP contribution >= 0.6 is 0 Å². The molecule has 6 heteroatoms. The highest BCUT2D eigenvalue weighted by Crippen LogP contribution is 2.18. The summed E-state index contributed by atoms with van der Waals surface area (Å²) in [5.74, 6) is -0.501. The minimum absolute atomic E-state index is 0.0599. The molecule has 0 aromatic rings. The fourth-order valence-corrected chi connectivity index (χ4v) is 7.94. The smallest absolute Gasteiger partial charge is 0.306 e. The first-order chi connectivity index (χ1) is 30.5. The molecule has 0 rings (SSSR count). The van der Waals surface area contributed by atoms with Crippen molar-refractivity contribution in [3.8, 4) is 0 Å². The number of aliphatic hydroxyl groups is 2. The minimum atomic E-state index is -0.796. The van der Waals surface area contributed by atoms with Crippen LogP contribution in [0.15, 0.2) is 60.8 Å². The maximum absolute atomic E-state index is 13.2. The number of rotatable bonds is 47. The summed E-state index contributed by atoms with van der Waals surface area (Å²) >= 11 is 0. The first kappa shape index (κ1) is 59.6. The zero-order chi connectivity index (χ0) is 45.2. The molecule has 0 spiro atoms. The number of nitrogens with one attached hydrogen (secondary N) is 1. The van der Waals surface area contributed by atoms with Crippen LogP contribution in [0.25, 0.3) is 0 Å². The van der Waals surface area contributed by atoms with Crippen LogP contribution in [0.5, 0.6) is 0 Å². The molecule has 0 aliphatic heterocycles. The Labute approximate surface area is 384 Å². The third-order valence-corrected chi connectivity index (χ3v) is 11.9. The highest BCUT2D eigenvalue weighted by Gasteiger charge is 2.24. The van der Waals surface area contributed by atoms with Crippen LogP contribution in [0.1, 0.15) is 258 Å². The van der Waals surface area contributed by atoms with Gasteiger partial charge in [-0.2, -0.15) is 0 Å². The summed E-state index contributed by atoms with van der Waals surface area (Å²) < 4.78 is 5.93. The molecular formula is C56H101NO5. The first-order valence-corrected chi connectivity index (χ1v) is 26.5. The van der Waals surface area contributed by atoms with Crippen molar-refractivity contribution < 1.29 is 24.5 Å². The van der Waals surface area contributed by atoms with Crippen LogP contribution in [-0.4, -0.2) is 46.9 Å². The third-order valence-electron chi connectivity index (χ3n) is 11.9. The molecule has 1 amide bonds. The lowest BCUT2D eigenvalue weighted by Crippen LogP contribution is -2.46. The maximum Gasteiger partial charge on any atom is 0.306 e. The largest absolute Gasteiger partial charge is 0.462 e. The fourth-order valence-electron chi connectivity index (χ4n) is 7.94. The Bertz CT molecular complexity index is 1110. The van der Waals surface area contributed by atoms with E-state index in [9.17, 15) is 19.8 Å². The van der Waals surface area contributed by atoms with Gasteiger partial charge in [0.1, 0.15) is 6.10 Å². The van der Waals surface area contributed by atoms with E-state index in [0.29, 0.717) is 19.3 Å². The second kappa shape index (κ2) is 49.6. The van der Waals surface area contributed by atoms with Gasteiger partial charge in [-0.1, -0.05) is 236 Å². The van der Waals surface area contributed by atoms with Crippen LogP contribution in [-0.2, 0) is 14.3 Å². The quantitative estimate of drug-likeness (QED) is 0.0245. The molecule has 0 bridgehead atoms. The van der Waals surface area contributed by atoms with Gasteiger partial charge in [0, 0.05) is 6.42 Å². The van der Waals surface area contributed by atoms with Crippen LogP contribution in [0, 0.1) is 0 Å². The molecule has 0 aliphatic carbocycles. The molecule has 0 heterocycles. The Morgan fingerprint density at radius 2 is 0.952 bits per heavy atom. The van der Waals surface area contributed by atoms with E-state index in [0.717, 1.165) is 103 Å². The van der Waals surface area contributed by atoms with Crippen molar-refractivity contribution in [2.24, 2.45) is 0 Å². The summed E-state index contributed by atoms with van der Waals surface area (Å²) in [4.78, 5) is 26.2. The van der Waals surface area contributed by atoms with Gasteiger partial charge < -0.3 is 20.3 Å². The molecule has 0 saturated carbocycles. The number of amides is 1. The number of esters is 1.